The van der Waals surface area contributed by atoms with Crippen molar-refractivity contribution < 1.29 is 8.78 Å². The van der Waals surface area contributed by atoms with Crippen LogP contribution in [0, 0.1) is 11.6 Å². The quantitative estimate of drug-likeness (QED) is 0.720. The van der Waals surface area contributed by atoms with E-state index in [2.05, 4.69) is 6.92 Å². The molecule has 0 aromatic heterocycles. The molecular formula is C16H16F2. The molecule has 0 aliphatic heterocycles. The molecule has 2 heteroatoms. The first-order chi connectivity index (χ1) is 8.70. The minimum absolute atomic E-state index is 0.0569. The van der Waals surface area contributed by atoms with E-state index >= 15 is 0 Å². The second-order valence-electron chi connectivity index (χ2n) is 4.45. The molecule has 18 heavy (non-hydrogen) atoms. The molecule has 0 aliphatic carbocycles. The summed E-state index contributed by atoms with van der Waals surface area (Å²) in [6.07, 6.45) is 1.85. The second kappa shape index (κ2) is 5.76. The number of hydrogen-bond acceptors (Lipinski definition) is 0. The van der Waals surface area contributed by atoms with Crippen LogP contribution in [0.15, 0.2) is 48.5 Å². The summed E-state index contributed by atoms with van der Waals surface area (Å²) in [7, 11) is 0. The molecule has 94 valence electrons. The summed E-state index contributed by atoms with van der Waals surface area (Å²) in [6, 6.07) is 13.1. The molecule has 2 aromatic rings. The van der Waals surface area contributed by atoms with Gasteiger partial charge in [0, 0.05) is 5.92 Å². The summed E-state index contributed by atoms with van der Waals surface area (Å²) in [5, 5.41) is 0. The highest BCUT2D eigenvalue weighted by molar-refractivity contribution is 5.32. The van der Waals surface area contributed by atoms with Crippen LogP contribution >= 0.6 is 0 Å². The first kappa shape index (κ1) is 12.7. The fourth-order valence-corrected chi connectivity index (χ4v) is 2.26. The minimum Gasteiger partial charge on any atom is -0.207 e. The van der Waals surface area contributed by atoms with Crippen LogP contribution in [0.4, 0.5) is 8.78 Å². The average molecular weight is 246 g/mol. The van der Waals surface area contributed by atoms with Gasteiger partial charge in [0.15, 0.2) is 0 Å². The van der Waals surface area contributed by atoms with Crippen molar-refractivity contribution in [1.29, 1.82) is 0 Å². The topological polar surface area (TPSA) is 0 Å². The van der Waals surface area contributed by atoms with Crippen LogP contribution in [-0.2, 0) is 0 Å². The summed E-state index contributed by atoms with van der Waals surface area (Å²) >= 11 is 0. The van der Waals surface area contributed by atoms with E-state index in [4.69, 9.17) is 0 Å². The van der Waals surface area contributed by atoms with Crippen LogP contribution in [-0.4, -0.2) is 0 Å². The minimum atomic E-state index is -0.245. The lowest BCUT2D eigenvalue weighted by Gasteiger charge is -2.17. The normalized spacial score (nSPS) is 10.9. The van der Waals surface area contributed by atoms with Gasteiger partial charge in [-0.15, -0.1) is 0 Å². The Labute approximate surface area is 106 Å². The van der Waals surface area contributed by atoms with Crippen LogP contribution < -0.4 is 0 Å². The molecule has 0 atom stereocenters. The number of hydrogen-bond donors (Lipinski definition) is 0. The monoisotopic (exact) mass is 246 g/mol. The van der Waals surface area contributed by atoms with Crippen LogP contribution in [0.2, 0.25) is 0 Å². The fraction of sp³-hybridized carbons (Fsp3) is 0.250. The predicted molar refractivity (Wildman–Crippen MR) is 69.6 cm³/mol. The van der Waals surface area contributed by atoms with Gasteiger partial charge in [-0.05, 0) is 41.8 Å². The standard InChI is InChI=1S/C16H16F2/c1-2-5-16(12-6-3-8-14(17)10-12)13-7-4-9-15(18)11-13/h3-4,6-11,16H,2,5H2,1H3. The zero-order valence-corrected chi connectivity index (χ0v) is 10.4. The zero-order valence-electron chi connectivity index (χ0n) is 10.4. The zero-order chi connectivity index (χ0) is 13.0. The number of halogens is 2. The van der Waals surface area contributed by atoms with Crippen LogP contribution in [0.5, 0.6) is 0 Å². The third kappa shape index (κ3) is 2.95. The van der Waals surface area contributed by atoms with Gasteiger partial charge in [-0.25, -0.2) is 8.78 Å². The highest BCUT2D eigenvalue weighted by atomic mass is 19.1. The Morgan fingerprint density at radius 1 is 0.889 bits per heavy atom. The van der Waals surface area contributed by atoms with Crippen molar-refractivity contribution in [1.82, 2.24) is 0 Å². The largest absolute Gasteiger partial charge is 0.207 e. The Bertz CT molecular complexity index is 475. The van der Waals surface area contributed by atoms with Crippen LogP contribution in [0.3, 0.4) is 0 Å². The fourth-order valence-electron chi connectivity index (χ4n) is 2.26. The van der Waals surface area contributed by atoms with Crippen molar-refractivity contribution in [2.75, 3.05) is 0 Å². The van der Waals surface area contributed by atoms with Gasteiger partial charge < -0.3 is 0 Å². The summed E-state index contributed by atoms with van der Waals surface area (Å²) in [5.41, 5.74) is 1.81. The molecule has 0 aliphatic rings. The van der Waals surface area contributed by atoms with E-state index in [1.165, 1.54) is 24.3 Å². The summed E-state index contributed by atoms with van der Waals surface area (Å²) < 4.78 is 26.6. The van der Waals surface area contributed by atoms with E-state index in [1.54, 1.807) is 12.1 Å². The van der Waals surface area contributed by atoms with Crippen molar-refractivity contribution in [3.63, 3.8) is 0 Å². The average Bonchev–Trinajstić information content (AvgIpc) is 2.36. The lowest BCUT2D eigenvalue weighted by atomic mass is 9.87. The van der Waals surface area contributed by atoms with Gasteiger partial charge in [0.25, 0.3) is 0 Å². The van der Waals surface area contributed by atoms with Gasteiger partial charge >= 0.3 is 0 Å². The van der Waals surface area contributed by atoms with E-state index < -0.39 is 0 Å². The molecule has 0 fully saturated rings. The summed E-state index contributed by atoms with van der Waals surface area (Å²) in [5.74, 6) is -0.434. The van der Waals surface area contributed by atoms with Gasteiger partial charge in [-0.3, -0.25) is 0 Å². The smallest absolute Gasteiger partial charge is 0.123 e. The molecule has 0 spiro atoms. The van der Waals surface area contributed by atoms with Crippen LogP contribution in [0.25, 0.3) is 0 Å². The molecule has 0 amide bonds. The molecule has 0 N–H and O–H groups in total. The van der Waals surface area contributed by atoms with Gasteiger partial charge in [0.2, 0.25) is 0 Å². The lowest BCUT2D eigenvalue weighted by Crippen LogP contribution is -2.01. The van der Waals surface area contributed by atoms with Crippen molar-refractivity contribution >= 4 is 0 Å². The SMILES string of the molecule is CCCC(c1cccc(F)c1)c1cccc(F)c1. The molecule has 0 unspecified atom stereocenters. The maximum atomic E-state index is 13.3. The Kier molecular flexibility index (Phi) is 4.08. The molecule has 0 heterocycles. The third-order valence-corrected chi connectivity index (χ3v) is 3.08. The van der Waals surface area contributed by atoms with Crippen LogP contribution in [0.1, 0.15) is 36.8 Å². The van der Waals surface area contributed by atoms with E-state index in [1.807, 2.05) is 12.1 Å². The van der Waals surface area contributed by atoms with E-state index in [0.717, 1.165) is 24.0 Å². The maximum absolute atomic E-state index is 13.3. The van der Waals surface area contributed by atoms with Crippen molar-refractivity contribution in [3.8, 4) is 0 Å². The molecule has 0 saturated carbocycles. The molecule has 2 aromatic carbocycles. The van der Waals surface area contributed by atoms with E-state index in [0.29, 0.717) is 0 Å². The third-order valence-electron chi connectivity index (χ3n) is 3.08. The van der Waals surface area contributed by atoms with Crippen molar-refractivity contribution in [3.05, 3.63) is 71.3 Å². The first-order valence-electron chi connectivity index (χ1n) is 6.21. The Balaban J connectivity index is 2.39. The second-order valence-corrected chi connectivity index (χ2v) is 4.45. The summed E-state index contributed by atoms with van der Waals surface area (Å²) in [4.78, 5) is 0. The van der Waals surface area contributed by atoms with Gasteiger partial charge in [0.1, 0.15) is 11.6 Å². The number of benzene rings is 2. The Morgan fingerprint density at radius 2 is 1.39 bits per heavy atom. The summed E-state index contributed by atoms with van der Waals surface area (Å²) in [6.45, 7) is 2.07. The molecule has 0 saturated heterocycles. The van der Waals surface area contributed by atoms with Gasteiger partial charge in [-0.1, -0.05) is 37.6 Å². The first-order valence-corrected chi connectivity index (χ1v) is 6.21. The van der Waals surface area contributed by atoms with Crippen molar-refractivity contribution in [2.24, 2.45) is 0 Å². The molecule has 0 nitrogen and oxygen atoms in total. The predicted octanol–water partition coefficient (Wildman–Crippen LogP) is 4.90. The van der Waals surface area contributed by atoms with Gasteiger partial charge in [0.05, 0.1) is 0 Å². The molecular weight excluding hydrogens is 230 g/mol. The molecule has 0 bridgehead atoms. The Morgan fingerprint density at radius 3 is 1.78 bits per heavy atom. The van der Waals surface area contributed by atoms with E-state index in [-0.39, 0.29) is 17.6 Å². The number of rotatable bonds is 4. The molecule has 0 radical (unpaired) electrons. The van der Waals surface area contributed by atoms with E-state index in [9.17, 15) is 8.78 Å². The van der Waals surface area contributed by atoms with Crippen molar-refractivity contribution in [2.45, 2.75) is 25.7 Å². The Hall–Kier alpha value is -1.70. The maximum Gasteiger partial charge on any atom is 0.123 e. The highest BCUT2D eigenvalue weighted by Gasteiger charge is 2.14. The molecule has 2 rings (SSSR count). The van der Waals surface area contributed by atoms with Gasteiger partial charge in [-0.2, -0.15) is 0 Å². The lowest BCUT2D eigenvalue weighted by molar-refractivity contribution is 0.611. The highest BCUT2D eigenvalue weighted by Crippen LogP contribution is 2.29.